The molecule has 0 aliphatic rings. The Balaban J connectivity index is 1.37. The Hall–Kier alpha value is -3.00. The molecule has 0 atom stereocenters. The maximum atomic E-state index is 11.8. The fraction of sp³-hybridized carbons (Fsp3) is 0.211. The highest BCUT2D eigenvalue weighted by Crippen LogP contribution is 2.22. The first kappa shape index (κ1) is 18.8. The Labute approximate surface area is 160 Å². The quantitative estimate of drug-likeness (QED) is 0.480. The molecule has 0 fully saturated rings. The Kier molecular flexibility index (Phi) is 6.32. The van der Waals surface area contributed by atoms with Crippen molar-refractivity contribution in [3.8, 4) is 5.75 Å². The molecule has 0 unspecified atom stereocenters. The van der Waals surface area contributed by atoms with Gasteiger partial charge in [-0.15, -0.1) is 0 Å². The number of nitrogens with one attached hydrogen (secondary N) is 2. The number of ether oxygens (including phenoxy) is 1. The Bertz CT molecular complexity index is 891. The smallest absolute Gasteiger partial charge is 0.276 e. The number of aryl methyl sites for hydroxylation is 1. The van der Waals surface area contributed by atoms with Gasteiger partial charge >= 0.3 is 0 Å². The van der Waals surface area contributed by atoms with Crippen molar-refractivity contribution in [1.29, 1.82) is 0 Å². The van der Waals surface area contributed by atoms with Crippen LogP contribution in [0.1, 0.15) is 12.5 Å². The summed E-state index contributed by atoms with van der Waals surface area (Å²) in [6, 6.07) is 14.9. The van der Waals surface area contributed by atoms with Crippen LogP contribution in [0.4, 0.5) is 0 Å². The van der Waals surface area contributed by atoms with Crippen molar-refractivity contribution >= 4 is 34.7 Å². The lowest BCUT2D eigenvalue weighted by molar-refractivity contribution is -0.128. The van der Waals surface area contributed by atoms with E-state index in [-0.39, 0.29) is 18.3 Å². The number of rotatable bonds is 7. The minimum Gasteiger partial charge on any atom is -0.484 e. The maximum Gasteiger partial charge on any atom is 0.276 e. The lowest BCUT2D eigenvalue weighted by Crippen LogP contribution is -2.44. The van der Waals surface area contributed by atoms with E-state index in [0.717, 1.165) is 23.7 Å². The first-order valence-corrected chi connectivity index (χ1v) is 9.40. The van der Waals surface area contributed by atoms with Gasteiger partial charge < -0.3 is 9.15 Å². The van der Waals surface area contributed by atoms with E-state index >= 15 is 0 Å². The lowest BCUT2D eigenvalue weighted by atomic mass is 10.2. The fourth-order valence-electron chi connectivity index (χ4n) is 2.22. The van der Waals surface area contributed by atoms with Gasteiger partial charge in [0.2, 0.25) is 5.91 Å². The SMILES string of the molecule is CCc1ccc(OCC(=O)NNC(=O)CSc2nc3ccccc3o2)cc1. The molecule has 3 rings (SSSR count). The van der Waals surface area contributed by atoms with E-state index < -0.39 is 5.91 Å². The van der Waals surface area contributed by atoms with Crippen molar-refractivity contribution in [3.05, 3.63) is 54.1 Å². The maximum absolute atomic E-state index is 11.8. The summed E-state index contributed by atoms with van der Waals surface area (Å²) < 4.78 is 10.9. The van der Waals surface area contributed by atoms with E-state index in [2.05, 4.69) is 22.8 Å². The van der Waals surface area contributed by atoms with E-state index in [1.165, 1.54) is 5.56 Å². The Morgan fingerprint density at radius 3 is 2.56 bits per heavy atom. The molecule has 3 aromatic rings. The molecule has 1 heterocycles. The highest BCUT2D eigenvalue weighted by molar-refractivity contribution is 7.99. The molecule has 8 heteroatoms. The summed E-state index contributed by atoms with van der Waals surface area (Å²) in [6.07, 6.45) is 0.939. The number of amides is 2. The number of benzene rings is 2. The summed E-state index contributed by atoms with van der Waals surface area (Å²) >= 11 is 1.15. The van der Waals surface area contributed by atoms with Gasteiger partial charge in [0, 0.05) is 0 Å². The zero-order chi connectivity index (χ0) is 19.1. The molecule has 7 nitrogen and oxygen atoms in total. The number of hydrogen-bond acceptors (Lipinski definition) is 6. The largest absolute Gasteiger partial charge is 0.484 e. The van der Waals surface area contributed by atoms with Crippen LogP contribution in [-0.4, -0.2) is 29.2 Å². The molecule has 2 aromatic carbocycles. The molecule has 0 aliphatic carbocycles. The summed E-state index contributed by atoms with van der Waals surface area (Å²) in [5.74, 6) is -0.162. The first-order chi connectivity index (χ1) is 13.1. The lowest BCUT2D eigenvalue weighted by Gasteiger charge is -2.08. The minimum atomic E-state index is -0.449. The average Bonchev–Trinajstić information content (AvgIpc) is 3.12. The van der Waals surface area contributed by atoms with Crippen LogP contribution >= 0.6 is 11.8 Å². The monoisotopic (exact) mass is 385 g/mol. The number of para-hydroxylation sites is 2. The number of fused-ring (bicyclic) bond motifs is 1. The third-order valence-electron chi connectivity index (χ3n) is 3.64. The normalized spacial score (nSPS) is 10.6. The second-order valence-electron chi connectivity index (χ2n) is 5.62. The second-order valence-corrected chi connectivity index (χ2v) is 6.55. The number of hydrogen-bond donors (Lipinski definition) is 2. The van der Waals surface area contributed by atoms with Crippen molar-refractivity contribution in [2.24, 2.45) is 0 Å². The van der Waals surface area contributed by atoms with Crippen molar-refractivity contribution < 1.29 is 18.7 Å². The van der Waals surface area contributed by atoms with Crippen LogP contribution in [0.2, 0.25) is 0 Å². The number of nitrogens with zero attached hydrogens (tertiary/aromatic N) is 1. The van der Waals surface area contributed by atoms with E-state index in [4.69, 9.17) is 9.15 Å². The van der Waals surface area contributed by atoms with Gasteiger partial charge in [-0.25, -0.2) is 4.98 Å². The average molecular weight is 385 g/mol. The minimum absolute atomic E-state index is 0.0619. The first-order valence-electron chi connectivity index (χ1n) is 8.42. The Morgan fingerprint density at radius 2 is 1.81 bits per heavy atom. The van der Waals surface area contributed by atoms with Crippen LogP contribution in [0.15, 0.2) is 58.2 Å². The van der Waals surface area contributed by atoms with Gasteiger partial charge in [-0.05, 0) is 36.2 Å². The van der Waals surface area contributed by atoms with Crippen LogP contribution in [0.3, 0.4) is 0 Å². The summed E-state index contributed by atoms with van der Waals surface area (Å²) in [4.78, 5) is 27.8. The number of hydrazine groups is 1. The van der Waals surface area contributed by atoms with Crippen LogP contribution in [0.5, 0.6) is 5.75 Å². The molecule has 0 aliphatic heterocycles. The van der Waals surface area contributed by atoms with Gasteiger partial charge in [0.1, 0.15) is 11.3 Å². The Morgan fingerprint density at radius 1 is 1.07 bits per heavy atom. The third-order valence-corrected chi connectivity index (χ3v) is 4.47. The van der Waals surface area contributed by atoms with Crippen LogP contribution in [0, 0.1) is 0 Å². The molecule has 0 bridgehead atoms. The molecule has 0 saturated carbocycles. The van der Waals surface area contributed by atoms with Gasteiger partial charge in [-0.2, -0.15) is 0 Å². The number of carbonyl (C=O) groups excluding carboxylic acids is 2. The third kappa shape index (κ3) is 5.49. The van der Waals surface area contributed by atoms with E-state index in [1.807, 2.05) is 48.5 Å². The molecule has 140 valence electrons. The van der Waals surface area contributed by atoms with Gasteiger partial charge in [0.05, 0.1) is 5.75 Å². The molecule has 1 aromatic heterocycles. The zero-order valence-electron chi connectivity index (χ0n) is 14.7. The van der Waals surface area contributed by atoms with Crippen LogP contribution < -0.4 is 15.6 Å². The molecule has 2 N–H and O–H groups in total. The van der Waals surface area contributed by atoms with Gasteiger partial charge in [-0.1, -0.05) is 43.0 Å². The summed E-state index contributed by atoms with van der Waals surface area (Å²) in [5, 5.41) is 0.400. The number of carbonyl (C=O) groups is 2. The van der Waals surface area contributed by atoms with Crippen molar-refractivity contribution in [1.82, 2.24) is 15.8 Å². The molecule has 27 heavy (non-hydrogen) atoms. The van der Waals surface area contributed by atoms with Crippen molar-refractivity contribution in [3.63, 3.8) is 0 Å². The molecular formula is C19H19N3O4S. The van der Waals surface area contributed by atoms with Crippen LogP contribution in [-0.2, 0) is 16.0 Å². The highest BCUT2D eigenvalue weighted by atomic mass is 32.2. The predicted octanol–water partition coefficient (Wildman–Crippen LogP) is 2.71. The van der Waals surface area contributed by atoms with E-state index in [0.29, 0.717) is 16.6 Å². The summed E-state index contributed by atoms with van der Waals surface area (Å²) in [6.45, 7) is 1.87. The van der Waals surface area contributed by atoms with Crippen LogP contribution in [0.25, 0.3) is 11.1 Å². The summed E-state index contributed by atoms with van der Waals surface area (Å²) in [7, 11) is 0. The number of aromatic nitrogens is 1. The molecule has 0 radical (unpaired) electrons. The fourth-order valence-corrected chi connectivity index (χ4v) is 2.86. The second kappa shape index (κ2) is 9.09. The number of thioether (sulfide) groups is 1. The van der Waals surface area contributed by atoms with Gasteiger partial charge in [0.25, 0.3) is 11.1 Å². The standard InChI is InChI=1S/C19H19N3O4S/c1-2-13-7-9-14(10-8-13)25-11-17(23)21-22-18(24)12-27-19-20-15-5-3-4-6-16(15)26-19/h3-10H,2,11-12H2,1H3,(H,21,23)(H,22,24). The number of oxazole rings is 1. The van der Waals surface area contributed by atoms with Gasteiger partial charge in [-0.3, -0.25) is 20.4 Å². The van der Waals surface area contributed by atoms with E-state index in [9.17, 15) is 9.59 Å². The van der Waals surface area contributed by atoms with Crippen molar-refractivity contribution in [2.45, 2.75) is 18.6 Å². The van der Waals surface area contributed by atoms with E-state index in [1.54, 1.807) is 0 Å². The zero-order valence-corrected chi connectivity index (χ0v) is 15.5. The molecule has 0 spiro atoms. The molecule has 2 amide bonds. The highest BCUT2D eigenvalue weighted by Gasteiger charge is 2.10. The topological polar surface area (TPSA) is 93.5 Å². The van der Waals surface area contributed by atoms with Gasteiger partial charge in [0.15, 0.2) is 12.2 Å². The molecular weight excluding hydrogens is 366 g/mol. The predicted molar refractivity (Wildman–Crippen MR) is 102 cm³/mol. The summed E-state index contributed by atoms with van der Waals surface area (Å²) in [5.41, 5.74) is 7.23. The van der Waals surface area contributed by atoms with Crippen molar-refractivity contribution in [2.75, 3.05) is 12.4 Å². The molecule has 0 saturated heterocycles.